The Balaban J connectivity index is 1.44. The highest BCUT2D eigenvalue weighted by Crippen LogP contribution is 2.28. The second kappa shape index (κ2) is 8.60. The first-order chi connectivity index (χ1) is 11.7. The first-order valence-corrected chi connectivity index (χ1v) is 8.96. The maximum atomic E-state index is 11.4. The number of esters is 1. The van der Waals surface area contributed by atoms with Gasteiger partial charge >= 0.3 is 5.97 Å². The summed E-state index contributed by atoms with van der Waals surface area (Å²) in [6.45, 7) is 3.14. The monoisotopic (exact) mass is 332 g/mol. The van der Waals surface area contributed by atoms with Crippen molar-refractivity contribution in [2.24, 2.45) is 0 Å². The maximum absolute atomic E-state index is 11.4. The number of carbonyl (C=O) groups excluding carboxylic acids is 1. The molecule has 0 saturated carbocycles. The van der Waals surface area contributed by atoms with Crippen molar-refractivity contribution < 1.29 is 14.3 Å². The third kappa shape index (κ3) is 4.79. The van der Waals surface area contributed by atoms with Crippen LogP contribution < -0.4 is 5.32 Å². The largest absolute Gasteiger partial charge is 0.468 e. The Morgan fingerprint density at radius 2 is 1.96 bits per heavy atom. The van der Waals surface area contributed by atoms with Gasteiger partial charge in [0.2, 0.25) is 0 Å². The summed E-state index contributed by atoms with van der Waals surface area (Å²) in [6.07, 6.45) is 4.49. The lowest BCUT2D eigenvalue weighted by Crippen LogP contribution is -2.48. The van der Waals surface area contributed by atoms with Crippen LogP contribution in [0.4, 0.5) is 0 Å². The van der Waals surface area contributed by atoms with Gasteiger partial charge in [-0.15, -0.1) is 0 Å². The van der Waals surface area contributed by atoms with E-state index in [0.29, 0.717) is 18.6 Å². The van der Waals surface area contributed by atoms with Gasteiger partial charge in [0, 0.05) is 31.8 Å². The highest BCUT2D eigenvalue weighted by atomic mass is 16.5. The molecule has 2 fully saturated rings. The van der Waals surface area contributed by atoms with E-state index in [0.717, 1.165) is 45.4 Å². The van der Waals surface area contributed by atoms with Crippen molar-refractivity contribution in [1.82, 2.24) is 10.2 Å². The summed E-state index contributed by atoms with van der Waals surface area (Å²) in [5.41, 5.74) is 1.27. The van der Waals surface area contributed by atoms with Gasteiger partial charge in [0.1, 0.15) is 0 Å². The fourth-order valence-corrected chi connectivity index (χ4v) is 3.69. The molecule has 2 atom stereocenters. The predicted molar refractivity (Wildman–Crippen MR) is 92.8 cm³/mol. The molecule has 5 heteroatoms. The molecular weight excluding hydrogens is 304 g/mol. The average molecular weight is 332 g/mol. The molecule has 1 N–H and O–H groups in total. The van der Waals surface area contributed by atoms with E-state index >= 15 is 0 Å². The van der Waals surface area contributed by atoms with E-state index < -0.39 is 0 Å². The fraction of sp³-hybridized carbons (Fsp3) is 0.632. The summed E-state index contributed by atoms with van der Waals surface area (Å²) >= 11 is 0. The number of nitrogens with zero attached hydrogens (tertiary/aromatic N) is 1. The number of rotatable bonds is 5. The van der Waals surface area contributed by atoms with Gasteiger partial charge in [0.05, 0.1) is 19.8 Å². The Labute approximate surface area is 144 Å². The number of nitrogens with one attached hydrogen (secondary N) is 1. The van der Waals surface area contributed by atoms with Crippen LogP contribution in [0.15, 0.2) is 30.3 Å². The number of piperidine rings is 1. The molecule has 2 saturated heterocycles. The average Bonchev–Trinajstić information content (AvgIpc) is 2.64. The minimum atomic E-state index is -0.142. The van der Waals surface area contributed by atoms with Gasteiger partial charge in [-0.3, -0.25) is 9.69 Å². The Bertz CT molecular complexity index is 515. The number of benzene rings is 1. The molecule has 0 aliphatic carbocycles. The highest BCUT2D eigenvalue weighted by molar-refractivity contribution is 5.71. The zero-order valence-electron chi connectivity index (χ0n) is 14.4. The zero-order chi connectivity index (χ0) is 16.8. The Kier molecular flexibility index (Phi) is 6.24. The molecule has 0 amide bonds. The van der Waals surface area contributed by atoms with Crippen LogP contribution in [-0.4, -0.2) is 56.3 Å². The first-order valence-electron chi connectivity index (χ1n) is 8.96. The van der Waals surface area contributed by atoms with E-state index in [-0.39, 0.29) is 12.1 Å². The van der Waals surface area contributed by atoms with Crippen molar-refractivity contribution in [2.75, 3.05) is 33.4 Å². The first kappa shape index (κ1) is 17.4. The van der Waals surface area contributed by atoms with Crippen molar-refractivity contribution in [1.29, 1.82) is 0 Å². The van der Waals surface area contributed by atoms with Crippen LogP contribution in [0.2, 0.25) is 0 Å². The van der Waals surface area contributed by atoms with Gasteiger partial charge in [-0.2, -0.15) is 0 Å². The molecule has 0 bridgehead atoms. The Hall–Kier alpha value is -1.43. The smallest absolute Gasteiger partial charge is 0.319 e. The molecule has 132 valence electrons. The summed E-state index contributed by atoms with van der Waals surface area (Å²) in [7, 11) is 1.45. The summed E-state index contributed by atoms with van der Waals surface area (Å²) < 4.78 is 10.7. The standard InChI is InChI=1S/C19H28N2O3/c1-23-19(22)14-21-10-7-16(8-11-21)20-17-9-12-24-18(13-17)15-5-3-2-4-6-15/h2-6,16-18,20H,7-14H2,1H3/t17-,18-/m1/s1. The number of ether oxygens (including phenoxy) is 2. The maximum Gasteiger partial charge on any atom is 0.319 e. The van der Waals surface area contributed by atoms with Crippen LogP contribution in [0, 0.1) is 0 Å². The van der Waals surface area contributed by atoms with Crippen molar-refractivity contribution >= 4 is 5.97 Å². The van der Waals surface area contributed by atoms with Crippen LogP contribution in [0.1, 0.15) is 37.4 Å². The van der Waals surface area contributed by atoms with Crippen molar-refractivity contribution in [3.8, 4) is 0 Å². The van der Waals surface area contributed by atoms with Crippen molar-refractivity contribution in [3.05, 3.63) is 35.9 Å². The Morgan fingerprint density at radius 1 is 1.21 bits per heavy atom. The van der Waals surface area contributed by atoms with Crippen LogP contribution in [0.3, 0.4) is 0 Å². The van der Waals surface area contributed by atoms with E-state index in [1.165, 1.54) is 12.7 Å². The second-order valence-electron chi connectivity index (χ2n) is 6.78. The summed E-state index contributed by atoms with van der Waals surface area (Å²) in [6, 6.07) is 11.6. The summed E-state index contributed by atoms with van der Waals surface area (Å²) in [4.78, 5) is 13.5. The van der Waals surface area contributed by atoms with Crippen LogP contribution >= 0.6 is 0 Å². The topological polar surface area (TPSA) is 50.8 Å². The molecule has 2 aliphatic rings. The summed E-state index contributed by atoms with van der Waals surface area (Å²) in [5.74, 6) is -0.142. The number of carbonyl (C=O) groups is 1. The number of hydrogen-bond acceptors (Lipinski definition) is 5. The van der Waals surface area contributed by atoms with Crippen molar-refractivity contribution in [2.45, 2.75) is 43.9 Å². The van der Waals surface area contributed by atoms with Gasteiger partial charge in [-0.1, -0.05) is 30.3 Å². The molecule has 3 rings (SSSR count). The van der Waals surface area contributed by atoms with E-state index in [1.807, 2.05) is 6.07 Å². The molecule has 24 heavy (non-hydrogen) atoms. The second-order valence-corrected chi connectivity index (χ2v) is 6.78. The highest BCUT2D eigenvalue weighted by Gasteiger charge is 2.27. The van der Waals surface area contributed by atoms with Crippen LogP contribution in [0.5, 0.6) is 0 Å². The molecule has 5 nitrogen and oxygen atoms in total. The van der Waals surface area contributed by atoms with E-state index in [2.05, 4.69) is 34.5 Å². The van der Waals surface area contributed by atoms with Gasteiger partial charge in [-0.05, 0) is 31.2 Å². The lowest BCUT2D eigenvalue weighted by atomic mass is 9.95. The predicted octanol–water partition coefficient (Wildman–Crippen LogP) is 2.13. The van der Waals surface area contributed by atoms with Crippen molar-refractivity contribution in [3.63, 3.8) is 0 Å². The molecule has 0 radical (unpaired) electrons. The third-order valence-electron chi connectivity index (χ3n) is 5.09. The minimum Gasteiger partial charge on any atom is -0.468 e. The molecule has 0 aromatic heterocycles. The quantitative estimate of drug-likeness (QED) is 0.837. The molecule has 0 unspecified atom stereocenters. The van der Waals surface area contributed by atoms with E-state index in [4.69, 9.17) is 9.47 Å². The fourth-order valence-electron chi connectivity index (χ4n) is 3.69. The molecule has 1 aromatic carbocycles. The zero-order valence-corrected chi connectivity index (χ0v) is 14.4. The third-order valence-corrected chi connectivity index (χ3v) is 5.09. The van der Waals surface area contributed by atoms with Gasteiger partial charge in [-0.25, -0.2) is 0 Å². The van der Waals surface area contributed by atoms with Gasteiger partial charge in [0.15, 0.2) is 0 Å². The Morgan fingerprint density at radius 3 is 2.67 bits per heavy atom. The molecular formula is C19H28N2O3. The minimum absolute atomic E-state index is 0.142. The van der Waals surface area contributed by atoms with Gasteiger partial charge in [0.25, 0.3) is 0 Å². The van der Waals surface area contributed by atoms with E-state index in [9.17, 15) is 4.79 Å². The number of hydrogen-bond donors (Lipinski definition) is 1. The number of methoxy groups -OCH3 is 1. The molecule has 0 spiro atoms. The lowest BCUT2D eigenvalue weighted by molar-refractivity contribution is -0.142. The molecule has 2 heterocycles. The van der Waals surface area contributed by atoms with Crippen LogP contribution in [0.25, 0.3) is 0 Å². The van der Waals surface area contributed by atoms with Gasteiger partial charge < -0.3 is 14.8 Å². The normalized spacial score (nSPS) is 26.2. The molecule has 2 aliphatic heterocycles. The number of likely N-dealkylation sites (tertiary alicyclic amines) is 1. The SMILES string of the molecule is COC(=O)CN1CCC(N[C@@H]2CCO[C@@H](c3ccccc3)C2)CC1. The van der Waals surface area contributed by atoms with Crippen LogP contribution in [-0.2, 0) is 14.3 Å². The lowest BCUT2D eigenvalue weighted by Gasteiger charge is -2.37. The summed E-state index contributed by atoms with van der Waals surface area (Å²) in [5, 5.41) is 3.82. The molecule has 1 aromatic rings. The van der Waals surface area contributed by atoms with E-state index in [1.54, 1.807) is 0 Å².